The highest BCUT2D eigenvalue weighted by Gasteiger charge is 2.03. The molecule has 1 heterocycles. The van der Waals surface area contributed by atoms with Crippen LogP contribution < -0.4 is 10.6 Å². The molecule has 0 fully saturated rings. The number of benzene rings is 2. The zero-order valence-corrected chi connectivity index (χ0v) is 15.5. The Morgan fingerprint density at radius 1 is 0.960 bits per heavy atom. The first-order valence-corrected chi connectivity index (χ1v) is 8.65. The van der Waals surface area contributed by atoms with E-state index in [-0.39, 0.29) is 0 Å². The molecule has 0 atom stereocenters. The molecule has 3 aromatic rings. The first-order valence-electron chi connectivity index (χ1n) is 8.24. The highest BCUT2D eigenvalue weighted by atomic mass is 32.1. The lowest BCUT2D eigenvalue weighted by molar-refractivity contribution is 0.659. The molecule has 25 heavy (non-hydrogen) atoms. The summed E-state index contributed by atoms with van der Waals surface area (Å²) in [7, 11) is 0. The zero-order valence-electron chi connectivity index (χ0n) is 14.7. The molecule has 0 bridgehead atoms. The maximum atomic E-state index is 5.38. The zero-order chi connectivity index (χ0) is 17.8. The van der Waals surface area contributed by atoms with Crippen molar-refractivity contribution in [2.45, 2.75) is 27.3 Å². The third kappa shape index (κ3) is 4.67. The molecule has 1 aromatic heterocycles. The second-order valence-corrected chi connectivity index (χ2v) is 6.64. The molecule has 0 radical (unpaired) electrons. The van der Waals surface area contributed by atoms with Gasteiger partial charge in [-0.25, -0.2) is 0 Å². The minimum absolute atomic E-state index is 0.580. The number of thiocarbonyl (C=S) groups is 1. The number of nitrogens with zero attached hydrogens (tertiary/aromatic N) is 2. The Morgan fingerprint density at radius 3 is 2.32 bits per heavy atom. The molecular formula is C20H22N4S. The minimum Gasteiger partial charge on any atom is -0.332 e. The third-order valence-corrected chi connectivity index (χ3v) is 4.13. The van der Waals surface area contributed by atoms with Gasteiger partial charge in [-0.3, -0.25) is 4.68 Å². The summed E-state index contributed by atoms with van der Waals surface area (Å²) in [5, 5.41) is 11.5. The van der Waals surface area contributed by atoms with E-state index in [2.05, 4.69) is 59.9 Å². The van der Waals surface area contributed by atoms with Crippen molar-refractivity contribution in [1.29, 1.82) is 0 Å². The van der Waals surface area contributed by atoms with Gasteiger partial charge in [0.15, 0.2) is 5.11 Å². The summed E-state index contributed by atoms with van der Waals surface area (Å²) >= 11 is 5.38. The Morgan fingerprint density at radius 2 is 1.68 bits per heavy atom. The monoisotopic (exact) mass is 350 g/mol. The molecule has 5 heteroatoms. The molecule has 0 spiro atoms. The molecule has 0 saturated carbocycles. The van der Waals surface area contributed by atoms with Crippen molar-refractivity contribution in [3.63, 3.8) is 0 Å². The number of hydrogen-bond donors (Lipinski definition) is 2. The molecule has 0 aliphatic heterocycles. The molecule has 2 aromatic carbocycles. The first kappa shape index (κ1) is 17.2. The van der Waals surface area contributed by atoms with Crippen LogP contribution in [0.25, 0.3) is 0 Å². The van der Waals surface area contributed by atoms with E-state index in [1.165, 1.54) is 16.8 Å². The van der Waals surface area contributed by atoms with Crippen LogP contribution in [0.3, 0.4) is 0 Å². The molecule has 0 aliphatic carbocycles. The molecule has 3 rings (SSSR count). The van der Waals surface area contributed by atoms with E-state index in [0.717, 1.165) is 23.6 Å². The van der Waals surface area contributed by atoms with Crippen LogP contribution in [-0.4, -0.2) is 14.9 Å². The molecule has 0 amide bonds. The summed E-state index contributed by atoms with van der Waals surface area (Å²) in [5.74, 6) is 0. The maximum absolute atomic E-state index is 5.38. The lowest BCUT2D eigenvalue weighted by Crippen LogP contribution is -2.19. The van der Waals surface area contributed by atoms with Gasteiger partial charge in [0.25, 0.3) is 0 Å². The van der Waals surface area contributed by atoms with Gasteiger partial charge in [0.05, 0.1) is 12.2 Å². The van der Waals surface area contributed by atoms with E-state index in [0.29, 0.717) is 5.11 Å². The Bertz CT molecular complexity index is 881. The van der Waals surface area contributed by atoms with E-state index >= 15 is 0 Å². The maximum Gasteiger partial charge on any atom is 0.175 e. The van der Waals surface area contributed by atoms with E-state index in [4.69, 9.17) is 12.2 Å². The van der Waals surface area contributed by atoms with Crippen molar-refractivity contribution in [2.24, 2.45) is 0 Å². The van der Waals surface area contributed by atoms with E-state index in [1.807, 2.05) is 35.9 Å². The fourth-order valence-electron chi connectivity index (χ4n) is 2.72. The van der Waals surface area contributed by atoms with Crippen LogP contribution in [0.2, 0.25) is 0 Å². The van der Waals surface area contributed by atoms with Crippen molar-refractivity contribution < 1.29 is 0 Å². The predicted octanol–water partition coefficient (Wildman–Crippen LogP) is 4.67. The minimum atomic E-state index is 0.580. The number of rotatable bonds is 4. The first-order chi connectivity index (χ1) is 12.0. The van der Waals surface area contributed by atoms with Crippen molar-refractivity contribution in [3.8, 4) is 0 Å². The highest BCUT2D eigenvalue weighted by Crippen LogP contribution is 2.14. The van der Waals surface area contributed by atoms with E-state index in [1.54, 1.807) is 0 Å². The number of anilines is 2. The van der Waals surface area contributed by atoms with Crippen LogP contribution in [-0.2, 0) is 6.54 Å². The van der Waals surface area contributed by atoms with Crippen molar-refractivity contribution in [2.75, 3.05) is 10.6 Å². The van der Waals surface area contributed by atoms with Crippen LogP contribution in [0.15, 0.2) is 54.6 Å². The number of aryl methyl sites for hydroxylation is 3. The van der Waals surface area contributed by atoms with Crippen LogP contribution in [0.1, 0.15) is 22.5 Å². The third-order valence-electron chi connectivity index (χ3n) is 3.92. The second-order valence-electron chi connectivity index (χ2n) is 6.23. The van der Waals surface area contributed by atoms with Gasteiger partial charge in [0.1, 0.15) is 0 Å². The molecule has 4 nitrogen and oxygen atoms in total. The largest absolute Gasteiger partial charge is 0.332 e. The Hall–Kier alpha value is -2.66. The summed E-state index contributed by atoms with van der Waals surface area (Å²) in [6.07, 6.45) is 0. The number of aromatic nitrogens is 2. The van der Waals surface area contributed by atoms with Gasteiger partial charge < -0.3 is 10.6 Å². The lowest BCUT2D eigenvalue weighted by Gasteiger charge is -2.12. The van der Waals surface area contributed by atoms with Gasteiger partial charge in [-0.2, -0.15) is 5.10 Å². The van der Waals surface area contributed by atoms with Crippen molar-refractivity contribution >= 4 is 28.7 Å². The van der Waals surface area contributed by atoms with Crippen LogP contribution in [0, 0.1) is 20.8 Å². The van der Waals surface area contributed by atoms with Crippen LogP contribution in [0.5, 0.6) is 0 Å². The van der Waals surface area contributed by atoms with Gasteiger partial charge in [-0.15, -0.1) is 0 Å². The lowest BCUT2D eigenvalue weighted by atomic mass is 10.2. The summed E-state index contributed by atoms with van der Waals surface area (Å²) < 4.78 is 2.02. The summed E-state index contributed by atoms with van der Waals surface area (Å²) in [4.78, 5) is 0. The molecule has 2 N–H and O–H groups in total. The SMILES string of the molecule is Cc1cccc(NC(=S)Nc2ccc(Cn3nc(C)cc3C)cc2)c1. The molecule has 0 saturated heterocycles. The Kier molecular flexibility index (Phi) is 5.14. The normalized spacial score (nSPS) is 10.5. The summed E-state index contributed by atoms with van der Waals surface area (Å²) in [6.45, 7) is 6.92. The summed E-state index contributed by atoms with van der Waals surface area (Å²) in [6, 6.07) is 18.5. The number of hydrogen-bond acceptors (Lipinski definition) is 2. The van der Waals surface area contributed by atoms with Crippen molar-refractivity contribution in [1.82, 2.24) is 9.78 Å². The number of nitrogens with one attached hydrogen (secondary N) is 2. The van der Waals surface area contributed by atoms with E-state index in [9.17, 15) is 0 Å². The molecule has 128 valence electrons. The quantitative estimate of drug-likeness (QED) is 0.671. The molecule has 0 unspecified atom stereocenters. The predicted molar refractivity (Wildman–Crippen MR) is 108 cm³/mol. The second kappa shape index (κ2) is 7.49. The standard InChI is InChI=1S/C20H22N4S/c1-14-5-4-6-19(11-14)22-20(25)21-18-9-7-17(8-10-18)13-24-16(3)12-15(2)23-24/h4-12H,13H2,1-3H3,(H2,21,22,25). The fourth-order valence-corrected chi connectivity index (χ4v) is 2.95. The average Bonchev–Trinajstić information content (AvgIpc) is 2.86. The van der Waals surface area contributed by atoms with Gasteiger partial charge in [-0.05, 0) is 74.4 Å². The van der Waals surface area contributed by atoms with Gasteiger partial charge in [-0.1, -0.05) is 24.3 Å². The van der Waals surface area contributed by atoms with Gasteiger partial charge in [0.2, 0.25) is 0 Å². The van der Waals surface area contributed by atoms with E-state index < -0.39 is 0 Å². The molecular weight excluding hydrogens is 328 g/mol. The van der Waals surface area contributed by atoms with Gasteiger partial charge in [0, 0.05) is 17.1 Å². The Balaban J connectivity index is 1.60. The fraction of sp³-hybridized carbons (Fsp3) is 0.200. The molecule has 0 aliphatic rings. The van der Waals surface area contributed by atoms with Gasteiger partial charge >= 0.3 is 0 Å². The topological polar surface area (TPSA) is 41.9 Å². The van der Waals surface area contributed by atoms with Crippen LogP contribution in [0.4, 0.5) is 11.4 Å². The highest BCUT2D eigenvalue weighted by molar-refractivity contribution is 7.80. The smallest absolute Gasteiger partial charge is 0.175 e. The van der Waals surface area contributed by atoms with Crippen molar-refractivity contribution in [3.05, 3.63) is 77.1 Å². The summed E-state index contributed by atoms with van der Waals surface area (Å²) in [5.41, 5.74) is 6.56. The average molecular weight is 350 g/mol. The Labute approximate surface area is 153 Å². The van der Waals surface area contributed by atoms with Crippen LogP contribution >= 0.6 is 12.2 Å².